The highest BCUT2D eigenvalue weighted by atomic mass is 31.1. The molecular formula is C44H36O2P2. The Hall–Kier alpha value is -4.74. The summed E-state index contributed by atoms with van der Waals surface area (Å²) in [5.74, 6) is 0. The average molecular weight is 659 g/mol. The zero-order valence-corrected chi connectivity index (χ0v) is 29.4. The van der Waals surface area contributed by atoms with Crippen LogP contribution >= 0.6 is 15.8 Å². The zero-order valence-electron chi connectivity index (χ0n) is 27.6. The van der Waals surface area contributed by atoms with Crippen molar-refractivity contribution in [3.05, 3.63) is 168 Å². The van der Waals surface area contributed by atoms with Crippen LogP contribution in [0.15, 0.2) is 155 Å². The van der Waals surface area contributed by atoms with Crippen LogP contribution in [-0.4, -0.2) is 0 Å². The third kappa shape index (κ3) is 5.60. The van der Waals surface area contributed by atoms with Crippen LogP contribution < -0.4 is 31.8 Å². The fraction of sp³-hybridized carbons (Fsp3) is 0.0909. The quantitative estimate of drug-likeness (QED) is 0.160. The summed E-state index contributed by atoms with van der Waals surface area (Å²) in [6.07, 6.45) is 3.64. The van der Waals surface area contributed by atoms with Gasteiger partial charge in [-0.2, -0.15) is 0 Å². The van der Waals surface area contributed by atoms with Crippen molar-refractivity contribution in [3.63, 3.8) is 0 Å². The highest BCUT2D eigenvalue weighted by Crippen LogP contribution is 2.46. The number of hydrogen-bond donors (Lipinski definition) is 0. The maximum Gasteiger partial charge on any atom is 0.142 e. The normalized spacial score (nSPS) is 11.7. The molecule has 0 amide bonds. The van der Waals surface area contributed by atoms with E-state index in [0.29, 0.717) is 0 Å². The fourth-order valence-corrected chi connectivity index (χ4v) is 11.3. The molecule has 0 fully saturated rings. The Kier molecular flexibility index (Phi) is 8.09. The predicted octanol–water partition coefficient (Wildman–Crippen LogP) is 9.60. The van der Waals surface area contributed by atoms with Crippen molar-refractivity contribution in [3.8, 4) is 11.1 Å². The highest BCUT2D eigenvalue weighted by Gasteiger charge is 2.30. The molecule has 0 atom stereocenters. The molecular weight excluding hydrogens is 622 g/mol. The molecule has 0 saturated heterocycles. The van der Waals surface area contributed by atoms with Gasteiger partial charge < -0.3 is 8.83 Å². The van der Waals surface area contributed by atoms with Gasteiger partial charge in [0.15, 0.2) is 0 Å². The minimum Gasteiger partial charge on any atom is -0.464 e. The van der Waals surface area contributed by atoms with E-state index in [9.17, 15) is 0 Å². The number of fused-ring (bicyclic) bond motifs is 2. The molecule has 0 aliphatic carbocycles. The summed E-state index contributed by atoms with van der Waals surface area (Å²) in [6, 6.07) is 49.6. The number of furan rings is 2. The number of benzene rings is 6. The SMILES string of the molecule is Cc1ccc(P(c2ccc(C)cc2)c2ccc3ccoc3c2-c2c(P(c3ccc(C)cc3)c3ccc(C)cc3)ccc3ccoc23)cc1. The van der Waals surface area contributed by atoms with E-state index < -0.39 is 15.8 Å². The van der Waals surface area contributed by atoms with Crippen LogP contribution in [0, 0.1) is 27.7 Å². The lowest BCUT2D eigenvalue weighted by Crippen LogP contribution is -2.26. The standard InChI is InChI=1S/C44H36O2P2/c1-29-5-15-35(16-6-29)47(36-17-7-30(2)8-18-36)39-23-13-33-25-27-45-43(33)41(39)42-40(24-14-34-26-28-46-44(34)42)48(37-19-9-31(3)10-20-37)38-21-11-32(4)12-22-38/h5-28H,1-4H3. The van der Waals surface area contributed by atoms with Gasteiger partial charge in [0.1, 0.15) is 11.2 Å². The van der Waals surface area contributed by atoms with E-state index in [1.54, 1.807) is 0 Å². The van der Waals surface area contributed by atoms with Crippen molar-refractivity contribution in [2.75, 3.05) is 0 Å². The van der Waals surface area contributed by atoms with Gasteiger partial charge >= 0.3 is 0 Å². The molecule has 6 aromatic carbocycles. The van der Waals surface area contributed by atoms with Crippen molar-refractivity contribution < 1.29 is 8.83 Å². The molecule has 0 aliphatic rings. The molecule has 0 N–H and O–H groups in total. The Balaban J connectivity index is 1.48. The van der Waals surface area contributed by atoms with E-state index >= 15 is 0 Å². The second-order valence-corrected chi connectivity index (χ2v) is 17.0. The molecule has 48 heavy (non-hydrogen) atoms. The third-order valence-electron chi connectivity index (χ3n) is 9.10. The Morgan fingerprint density at radius 1 is 0.333 bits per heavy atom. The summed E-state index contributed by atoms with van der Waals surface area (Å²) < 4.78 is 13.0. The molecule has 0 spiro atoms. The Morgan fingerprint density at radius 3 is 0.917 bits per heavy atom. The number of hydrogen-bond acceptors (Lipinski definition) is 2. The molecule has 2 heterocycles. The monoisotopic (exact) mass is 658 g/mol. The van der Waals surface area contributed by atoms with Crippen molar-refractivity contribution in [2.45, 2.75) is 27.7 Å². The minimum atomic E-state index is -0.954. The zero-order chi connectivity index (χ0) is 32.8. The van der Waals surface area contributed by atoms with E-state index in [0.717, 1.165) is 33.1 Å². The van der Waals surface area contributed by atoms with Gasteiger partial charge in [-0.1, -0.05) is 144 Å². The fourth-order valence-electron chi connectivity index (χ4n) is 6.53. The molecule has 4 heteroatoms. The van der Waals surface area contributed by atoms with Crippen molar-refractivity contribution in [1.82, 2.24) is 0 Å². The summed E-state index contributed by atoms with van der Waals surface area (Å²) >= 11 is 0. The van der Waals surface area contributed by atoms with Gasteiger partial charge in [-0.15, -0.1) is 0 Å². The number of rotatable bonds is 7. The molecule has 234 valence electrons. The third-order valence-corrected chi connectivity index (χ3v) is 14.1. The Morgan fingerprint density at radius 2 is 0.625 bits per heavy atom. The molecule has 0 radical (unpaired) electrons. The van der Waals surface area contributed by atoms with Crippen LogP contribution in [0.4, 0.5) is 0 Å². The van der Waals surface area contributed by atoms with Gasteiger partial charge in [-0.25, -0.2) is 0 Å². The molecule has 8 aromatic rings. The van der Waals surface area contributed by atoms with Crippen LogP contribution in [0.3, 0.4) is 0 Å². The van der Waals surface area contributed by atoms with Crippen molar-refractivity contribution >= 4 is 69.6 Å². The van der Waals surface area contributed by atoms with E-state index in [-0.39, 0.29) is 0 Å². The van der Waals surface area contributed by atoms with Gasteiger partial charge in [-0.05, 0) is 87.5 Å². The van der Waals surface area contributed by atoms with E-state index in [4.69, 9.17) is 8.83 Å². The van der Waals surface area contributed by atoms with Crippen LogP contribution in [0.2, 0.25) is 0 Å². The van der Waals surface area contributed by atoms with Gasteiger partial charge in [0.2, 0.25) is 0 Å². The number of aryl methyl sites for hydroxylation is 4. The lowest BCUT2D eigenvalue weighted by atomic mass is 10.0. The molecule has 8 rings (SSSR count). The summed E-state index contributed by atoms with van der Waals surface area (Å²) in [7, 11) is -1.91. The Labute approximate surface area is 284 Å². The molecule has 2 nitrogen and oxygen atoms in total. The average Bonchev–Trinajstić information content (AvgIpc) is 3.79. The van der Waals surface area contributed by atoms with Crippen LogP contribution in [-0.2, 0) is 0 Å². The smallest absolute Gasteiger partial charge is 0.142 e. The second-order valence-electron chi connectivity index (χ2n) is 12.6. The molecule has 2 aromatic heterocycles. The molecule has 0 aliphatic heterocycles. The second kappa shape index (κ2) is 12.7. The summed E-state index contributed by atoms with van der Waals surface area (Å²) in [6.45, 7) is 8.61. The first-order chi connectivity index (χ1) is 23.4. The molecule has 0 saturated carbocycles. The first kappa shape index (κ1) is 30.6. The summed E-state index contributed by atoms with van der Waals surface area (Å²) in [5.41, 5.74) is 9.04. The van der Waals surface area contributed by atoms with Gasteiger partial charge in [-0.3, -0.25) is 0 Å². The van der Waals surface area contributed by atoms with Crippen LogP contribution in [0.5, 0.6) is 0 Å². The maximum atomic E-state index is 6.48. The lowest BCUT2D eigenvalue weighted by molar-refractivity contribution is 0.613. The Bertz CT molecular complexity index is 2100. The lowest BCUT2D eigenvalue weighted by Gasteiger charge is -2.27. The van der Waals surface area contributed by atoms with E-state index in [1.807, 2.05) is 12.5 Å². The van der Waals surface area contributed by atoms with Gasteiger partial charge in [0, 0.05) is 21.9 Å². The van der Waals surface area contributed by atoms with E-state index in [1.165, 1.54) is 54.1 Å². The highest BCUT2D eigenvalue weighted by molar-refractivity contribution is 7.80. The predicted molar refractivity (Wildman–Crippen MR) is 208 cm³/mol. The van der Waals surface area contributed by atoms with Crippen molar-refractivity contribution in [1.29, 1.82) is 0 Å². The summed E-state index contributed by atoms with van der Waals surface area (Å²) in [5, 5.41) is 9.90. The minimum absolute atomic E-state index is 0.895. The van der Waals surface area contributed by atoms with Crippen LogP contribution in [0.1, 0.15) is 22.3 Å². The van der Waals surface area contributed by atoms with Gasteiger partial charge in [0.05, 0.1) is 12.5 Å². The van der Waals surface area contributed by atoms with E-state index in [2.05, 4.69) is 161 Å². The maximum absolute atomic E-state index is 6.48. The first-order valence-corrected chi connectivity index (χ1v) is 19.0. The topological polar surface area (TPSA) is 26.3 Å². The summed E-state index contributed by atoms with van der Waals surface area (Å²) in [4.78, 5) is 0. The van der Waals surface area contributed by atoms with Crippen molar-refractivity contribution in [2.24, 2.45) is 0 Å². The first-order valence-electron chi connectivity index (χ1n) is 16.3. The largest absolute Gasteiger partial charge is 0.464 e. The van der Waals surface area contributed by atoms with Gasteiger partial charge in [0.25, 0.3) is 0 Å². The van der Waals surface area contributed by atoms with Crippen LogP contribution in [0.25, 0.3) is 33.1 Å². The molecule has 0 bridgehead atoms. The molecule has 0 unspecified atom stereocenters.